The highest BCUT2D eigenvalue weighted by Crippen LogP contribution is 2.33. The number of halogens is 1. The molecule has 2 fully saturated rings. The molecule has 140 valence electrons. The van der Waals surface area contributed by atoms with Crippen LogP contribution in [0.15, 0.2) is 36.9 Å². The fourth-order valence-corrected chi connectivity index (χ4v) is 3.80. The van der Waals surface area contributed by atoms with Crippen LogP contribution in [0.2, 0.25) is 0 Å². The van der Waals surface area contributed by atoms with E-state index in [1.807, 2.05) is 0 Å². The Morgan fingerprint density at radius 2 is 1.81 bits per heavy atom. The summed E-state index contributed by atoms with van der Waals surface area (Å²) in [6.45, 7) is 5.76. The Balaban J connectivity index is 1.69. The summed E-state index contributed by atoms with van der Waals surface area (Å²) >= 11 is 0. The van der Waals surface area contributed by atoms with Crippen LogP contribution in [-0.2, 0) is 19.9 Å². The summed E-state index contributed by atoms with van der Waals surface area (Å²) in [6, 6.07) is 6.34. The smallest absolute Gasteiger partial charge is 0.245 e. The average Bonchev–Trinajstić information content (AvgIpc) is 2.68. The number of carbonyl (C=O) groups is 2. The van der Waals surface area contributed by atoms with E-state index >= 15 is 0 Å². The zero-order valence-corrected chi connectivity index (χ0v) is 14.9. The van der Waals surface area contributed by atoms with Crippen LogP contribution in [0.25, 0.3) is 0 Å². The minimum Gasteiger partial charge on any atom is -0.381 e. The molecular formula is C20H25FN2O3. The first kappa shape index (κ1) is 18.6. The van der Waals surface area contributed by atoms with Gasteiger partial charge >= 0.3 is 0 Å². The minimum absolute atomic E-state index is 0.00178. The molecule has 0 radical (unpaired) electrons. The van der Waals surface area contributed by atoms with Gasteiger partial charge in [-0.2, -0.15) is 0 Å². The number of likely N-dealkylation sites (tertiary alicyclic amines) is 1. The molecule has 2 aliphatic heterocycles. The van der Waals surface area contributed by atoms with Gasteiger partial charge in [-0.15, -0.1) is 0 Å². The van der Waals surface area contributed by atoms with Crippen LogP contribution in [0.1, 0.15) is 31.2 Å². The van der Waals surface area contributed by atoms with Crippen molar-refractivity contribution in [1.82, 2.24) is 10.2 Å². The van der Waals surface area contributed by atoms with E-state index in [-0.39, 0.29) is 23.5 Å². The molecule has 5 nitrogen and oxygen atoms in total. The third-order valence-electron chi connectivity index (χ3n) is 5.46. The zero-order valence-electron chi connectivity index (χ0n) is 14.9. The Hall–Kier alpha value is -2.21. The van der Waals surface area contributed by atoms with E-state index in [1.54, 1.807) is 17.0 Å². The third kappa shape index (κ3) is 3.96. The first-order valence-corrected chi connectivity index (χ1v) is 9.11. The molecule has 0 atom stereocenters. The van der Waals surface area contributed by atoms with E-state index in [0.29, 0.717) is 52.0 Å². The van der Waals surface area contributed by atoms with Gasteiger partial charge in [0.05, 0.1) is 5.54 Å². The molecule has 0 aliphatic carbocycles. The molecule has 0 aromatic heterocycles. The molecule has 2 aliphatic rings. The van der Waals surface area contributed by atoms with Crippen molar-refractivity contribution in [3.05, 3.63) is 48.3 Å². The quantitative estimate of drug-likeness (QED) is 0.839. The van der Waals surface area contributed by atoms with Gasteiger partial charge in [0, 0.05) is 32.2 Å². The standard InChI is InChI=1S/C20H25FN2O3/c1-2-18(24)23-11-7-15(8-12-23)19(25)22-20(9-13-26-14-10-20)16-3-5-17(21)6-4-16/h2-6,15H,1,7-14H2,(H,22,25). The van der Waals surface area contributed by atoms with Gasteiger partial charge in [0.2, 0.25) is 11.8 Å². The fourth-order valence-electron chi connectivity index (χ4n) is 3.80. The summed E-state index contributed by atoms with van der Waals surface area (Å²) in [5.41, 5.74) is 0.395. The molecule has 0 saturated carbocycles. The molecule has 6 heteroatoms. The first-order chi connectivity index (χ1) is 12.5. The molecule has 0 unspecified atom stereocenters. The second-order valence-electron chi connectivity index (χ2n) is 6.99. The highest BCUT2D eigenvalue weighted by molar-refractivity contribution is 5.87. The molecule has 1 aromatic rings. The average molecular weight is 360 g/mol. The maximum Gasteiger partial charge on any atom is 0.245 e. The number of carbonyl (C=O) groups excluding carboxylic acids is 2. The van der Waals surface area contributed by atoms with Crippen LogP contribution in [0.3, 0.4) is 0 Å². The van der Waals surface area contributed by atoms with E-state index in [4.69, 9.17) is 4.74 Å². The lowest BCUT2D eigenvalue weighted by molar-refractivity contribution is -0.134. The second kappa shape index (κ2) is 7.99. The Labute approximate surface area is 153 Å². The van der Waals surface area contributed by atoms with Crippen molar-refractivity contribution in [3.8, 4) is 0 Å². The summed E-state index contributed by atoms with van der Waals surface area (Å²) in [5, 5.41) is 3.23. The highest BCUT2D eigenvalue weighted by Gasteiger charge is 2.38. The summed E-state index contributed by atoms with van der Waals surface area (Å²) in [4.78, 5) is 26.3. The number of nitrogens with zero attached hydrogens (tertiary/aromatic N) is 1. The summed E-state index contributed by atoms with van der Waals surface area (Å²) in [7, 11) is 0. The van der Waals surface area contributed by atoms with Crippen LogP contribution in [-0.4, -0.2) is 43.0 Å². The molecule has 26 heavy (non-hydrogen) atoms. The highest BCUT2D eigenvalue weighted by atomic mass is 19.1. The van der Waals surface area contributed by atoms with Crippen molar-refractivity contribution >= 4 is 11.8 Å². The van der Waals surface area contributed by atoms with Crippen LogP contribution >= 0.6 is 0 Å². The summed E-state index contributed by atoms with van der Waals surface area (Å²) < 4.78 is 18.8. The van der Waals surface area contributed by atoms with Gasteiger partial charge < -0.3 is 15.0 Å². The molecule has 2 saturated heterocycles. The lowest BCUT2D eigenvalue weighted by atomic mass is 9.81. The maximum absolute atomic E-state index is 13.3. The number of nitrogens with one attached hydrogen (secondary N) is 1. The van der Waals surface area contributed by atoms with E-state index in [9.17, 15) is 14.0 Å². The lowest BCUT2D eigenvalue weighted by Gasteiger charge is -2.40. The predicted octanol–water partition coefficient (Wildman–Crippen LogP) is 2.37. The van der Waals surface area contributed by atoms with E-state index in [1.165, 1.54) is 18.2 Å². The molecule has 1 aromatic carbocycles. The van der Waals surface area contributed by atoms with Gasteiger partial charge in [-0.25, -0.2) is 4.39 Å². The Kier molecular flexibility index (Phi) is 5.71. The Morgan fingerprint density at radius 3 is 2.38 bits per heavy atom. The number of ether oxygens (including phenoxy) is 1. The van der Waals surface area contributed by atoms with Gasteiger partial charge in [0.15, 0.2) is 0 Å². The van der Waals surface area contributed by atoms with Gasteiger partial charge in [-0.3, -0.25) is 9.59 Å². The van der Waals surface area contributed by atoms with E-state index in [2.05, 4.69) is 11.9 Å². The van der Waals surface area contributed by atoms with Crippen LogP contribution in [0, 0.1) is 11.7 Å². The van der Waals surface area contributed by atoms with Gasteiger partial charge in [0.25, 0.3) is 0 Å². The number of piperidine rings is 1. The predicted molar refractivity (Wildman–Crippen MR) is 95.8 cm³/mol. The molecular weight excluding hydrogens is 335 g/mol. The second-order valence-corrected chi connectivity index (χ2v) is 6.99. The van der Waals surface area contributed by atoms with Crippen molar-refractivity contribution in [2.75, 3.05) is 26.3 Å². The molecule has 2 amide bonds. The molecule has 0 spiro atoms. The summed E-state index contributed by atoms with van der Waals surface area (Å²) in [5.74, 6) is -0.497. The van der Waals surface area contributed by atoms with Crippen molar-refractivity contribution in [2.24, 2.45) is 5.92 Å². The Bertz CT molecular complexity index is 660. The van der Waals surface area contributed by atoms with Gasteiger partial charge in [0.1, 0.15) is 5.82 Å². The number of benzene rings is 1. The maximum atomic E-state index is 13.3. The summed E-state index contributed by atoms with van der Waals surface area (Å²) in [6.07, 6.45) is 3.92. The molecule has 3 rings (SSSR count). The number of rotatable bonds is 4. The van der Waals surface area contributed by atoms with Crippen LogP contribution in [0.4, 0.5) is 4.39 Å². The third-order valence-corrected chi connectivity index (χ3v) is 5.46. The minimum atomic E-state index is -0.517. The van der Waals surface area contributed by atoms with Gasteiger partial charge in [-0.05, 0) is 49.5 Å². The number of amides is 2. The zero-order chi connectivity index (χ0) is 18.6. The van der Waals surface area contributed by atoms with Crippen molar-refractivity contribution in [3.63, 3.8) is 0 Å². The molecule has 1 N–H and O–H groups in total. The fraction of sp³-hybridized carbons (Fsp3) is 0.500. The van der Waals surface area contributed by atoms with E-state index in [0.717, 1.165) is 5.56 Å². The van der Waals surface area contributed by atoms with E-state index < -0.39 is 5.54 Å². The molecule has 2 heterocycles. The Morgan fingerprint density at radius 1 is 1.19 bits per heavy atom. The normalized spacial score (nSPS) is 20.4. The van der Waals surface area contributed by atoms with Crippen LogP contribution in [0.5, 0.6) is 0 Å². The van der Waals surface area contributed by atoms with Gasteiger partial charge in [-0.1, -0.05) is 18.7 Å². The van der Waals surface area contributed by atoms with Crippen molar-refractivity contribution in [1.29, 1.82) is 0 Å². The SMILES string of the molecule is C=CC(=O)N1CCC(C(=O)NC2(c3ccc(F)cc3)CCOCC2)CC1. The lowest BCUT2D eigenvalue weighted by Crippen LogP contribution is -2.52. The topological polar surface area (TPSA) is 58.6 Å². The van der Waals surface area contributed by atoms with Crippen molar-refractivity contribution in [2.45, 2.75) is 31.2 Å². The largest absolute Gasteiger partial charge is 0.381 e. The molecule has 0 bridgehead atoms. The number of hydrogen-bond donors (Lipinski definition) is 1. The van der Waals surface area contributed by atoms with Crippen molar-refractivity contribution < 1.29 is 18.7 Å². The first-order valence-electron chi connectivity index (χ1n) is 9.11. The van der Waals surface area contributed by atoms with Crippen LogP contribution < -0.4 is 5.32 Å². The number of hydrogen-bond acceptors (Lipinski definition) is 3. The monoisotopic (exact) mass is 360 g/mol.